The lowest BCUT2D eigenvalue weighted by Gasteiger charge is -2.37. The van der Waals surface area contributed by atoms with E-state index in [-0.39, 0.29) is 10.8 Å². The molecule has 2 heteroatoms. The Morgan fingerprint density at radius 3 is 1.55 bits per heavy atom. The van der Waals surface area contributed by atoms with Crippen molar-refractivity contribution in [2.45, 2.75) is 37.5 Å². The molecule has 2 aliphatic carbocycles. The van der Waals surface area contributed by atoms with E-state index in [1.807, 2.05) is 12.2 Å². The molecule has 0 saturated carbocycles. The third-order valence-electron chi connectivity index (χ3n) is 4.83. The standard InChI is InChI=1S/C20H24N2/c1-19(11-5-7-15(21)13-19)17-9-3-4-10-18(17)20(2)12-6-8-16(22)14-20/h3-10,13-14H,11-12,21-22H2,1-2H3. The molecule has 2 aliphatic rings. The van der Waals surface area contributed by atoms with Gasteiger partial charge in [-0.25, -0.2) is 0 Å². The Bertz CT molecular complexity index is 647. The summed E-state index contributed by atoms with van der Waals surface area (Å²) in [6, 6.07) is 8.68. The first-order chi connectivity index (χ1) is 10.4. The molecule has 0 radical (unpaired) electrons. The van der Waals surface area contributed by atoms with E-state index in [9.17, 15) is 0 Å². The third kappa shape index (κ3) is 2.50. The second kappa shape index (κ2) is 5.20. The monoisotopic (exact) mass is 292 g/mol. The van der Waals surface area contributed by atoms with Crippen LogP contribution in [0.5, 0.6) is 0 Å². The summed E-state index contributed by atoms with van der Waals surface area (Å²) < 4.78 is 0. The van der Waals surface area contributed by atoms with E-state index in [1.54, 1.807) is 0 Å². The molecule has 22 heavy (non-hydrogen) atoms. The summed E-state index contributed by atoms with van der Waals surface area (Å²) in [4.78, 5) is 0. The lowest BCUT2D eigenvalue weighted by atomic mass is 9.67. The summed E-state index contributed by atoms with van der Waals surface area (Å²) in [5.74, 6) is 0. The molecule has 3 rings (SSSR count). The average molecular weight is 292 g/mol. The molecule has 2 unspecified atom stereocenters. The van der Waals surface area contributed by atoms with Crippen molar-refractivity contribution in [1.82, 2.24) is 0 Å². The third-order valence-corrected chi connectivity index (χ3v) is 4.83. The number of hydrogen-bond acceptors (Lipinski definition) is 2. The summed E-state index contributed by atoms with van der Waals surface area (Å²) in [6.07, 6.45) is 14.6. The number of benzene rings is 1. The maximum atomic E-state index is 6.06. The summed E-state index contributed by atoms with van der Waals surface area (Å²) >= 11 is 0. The van der Waals surface area contributed by atoms with Gasteiger partial charge in [0.2, 0.25) is 0 Å². The van der Waals surface area contributed by atoms with Crippen LogP contribution in [-0.4, -0.2) is 0 Å². The highest BCUT2D eigenvalue weighted by molar-refractivity contribution is 5.48. The average Bonchev–Trinajstić information content (AvgIpc) is 2.47. The van der Waals surface area contributed by atoms with Crippen molar-refractivity contribution >= 4 is 0 Å². The van der Waals surface area contributed by atoms with Crippen molar-refractivity contribution < 1.29 is 0 Å². The van der Waals surface area contributed by atoms with Crippen LogP contribution < -0.4 is 11.5 Å². The minimum absolute atomic E-state index is 0.0673. The largest absolute Gasteiger partial charge is 0.399 e. The Balaban J connectivity index is 2.13. The van der Waals surface area contributed by atoms with Gasteiger partial charge in [0.1, 0.15) is 0 Å². The molecule has 0 spiro atoms. The quantitative estimate of drug-likeness (QED) is 0.871. The molecule has 1 aromatic rings. The Morgan fingerprint density at radius 2 is 1.18 bits per heavy atom. The molecular formula is C20H24N2. The van der Waals surface area contributed by atoms with Crippen LogP contribution in [0.15, 0.2) is 72.1 Å². The Kier molecular flexibility index (Phi) is 3.48. The van der Waals surface area contributed by atoms with Crippen molar-refractivity contribution in [3.05, 3.63) is 83.2 Å². The highest BCUT2D eigenvalue weighted by atomic mass is 14.6. The van der Waals surface area contributed by atoms with Gasteiger partial charge in [0.15, 0.2) is 0 Å². The minimum Gasteiger partial charge on any atom is -0.399 e. The fraction of sp³-hybridized carbons (Fsp3) is 0.300. The fourth-order valence-electron chi connectivity index (χ4n) is 3.68. The van der Waals surface area contributed by atoms with E-state index in [4.69, 9.17) is 11.5 Å². The first-order valence-electron chi connectivity index (χ1n) is 7.83. The zero-order chi connectivity index (χ0) is 15.8. The maximum Gasteiger partial charge on any atom is 0.0279 e. The van der Waals surface area contributed by atoms with E-state index < -0.39 is 0 Å². The molecule has 0 aromatic heterocycles. The highest BCUT2D eigenvalue weighted by Gasteiger charge is 2.34. The second-order valence-electron chi connectivity index (χ2n) is 6.88. The van der Waals surface area contributed by atoms with Crippen molar-refractivity contribution in [2.75, 3.05) is 0 Å². The SMILES string of the molecule is CC1(c2ccccc2C2(C)C=C(N)C=CC2)C=C(N)C=CC1. The normalized spacial score (nSPS) is 30.8. The molecule has 114 valence electrons. The van der Waals surface area contributed by atoms with Gasteiger partial charge in [-0.2, -0.15) is 0 Å². The van der Waals surface area contributed by atoms with Crippen molar-refractivity contribution in [3.8, 4) is 0 Å². The molecule has 0 bridgehead atoms. The molecule has 0 amide bonds. The minimum atomic E-state index is -0.0673. The lowest BCUT2D eigenvalue weighted by molar-refractivity contribution is 0.537. The van der Waals surface area contributed by atoms with Crippen LogP contribution in [0.1, 0.15) is 37.8 Å². The predicted octanol–water partition coefficient (Wildman–Crippen LogP) is 3.81. The van der Waals surface area contributed by atoms with E-state index >= 15 is 0 Å². The van der Waals surface area contributed by atoms with E-state index in [0.717, 1.165) is 24.2 Å². The van der Waals surface area contributed by atoms with Crippen LogP contribution in [0.2, 0.25) is 0 Å². The van der Waals surface area contributed by atoms with Gasteiger partial charge in [-0.15, -0.1) is 0 Å². The Labute approximate surface area is 132 Å². The Hall–Kier alpha value is -2.22. The van der Waals surface area contributed by atoms with Crippen LogP contribution in [-0.2, 0) is 10.8 Å². The molecule has 0 aliphatic heterocycles. The molecule has 2 nitrogen and oxygen atoms in total. The topological polar surface area (TPSA) is 52.0 Å². The summed E-state index contributed by atoms with van der Waals surface area (Å²) in [5.41, 5.74) is 16.3. The molecule has 4 N–H and O–H groups in total. The van der Waals surface area contributed by atoms with Gasteiger partial charge in [0.05, 0.1) is 0 Å². The van der Waals surface area contributed by atoms with Gasteiger partial charge in [-0.05, 0) is 36.1 Å². The predicted molar refractivity (Wildman–Crippen MR) is 93.2 cm³/mol. The van der Waals surface area contributed by atoms with E-state index in [1.165, 1.54) is 11.1 Å². The number of hydrogen-bond donors (Lipinski definition) is 2. The van der Waals surface area contributed by atoms with Crippen LogP contribution >= 0.6 is 0 Å². The molecule has 0 saturated heterocycles. The van der Waals surface area contributed by atoms with Crippen molar-refractivity contribution in [2.24, 2.45) is 11.5 Å². The maximum absolute atomic E-state index is 6.06. The zero-order valence-electron chi connectivity index (χ0n) is 13.3. The van der Waals surface area contributed by atoms with Gasteiger partial charge in [-0.1, -0.05) is 62.4 Å². The smallest absolute Gasteiger partial charge is 0.0279 e. The summed E-state index contributed by atoms with van der Waals surface area (Å²) in [5, 5.41) is 0. The molecular weight excluding hydrogens is 268 g/mol. The lowest BCUT2D eigenvalue weighted by Crippen LogP contribution is -2.30. The first kappa shape index (κ1) is 14.7. The molecule has 1 aromatic carbocycles. The summed E-state index contributed by atoms with van der Waals surface area (Å²) in [6.45, 7) is 4.52. The number of rotatable bonds is 2. The van der Waals surface area contributed by atoms with Gasteiger partial charge >= 0.3 is 0 Å². The first-order valence-corrected chi connectivity index (χ1v) is 7.83. The second-order valence-corrected chi connectivity index (χ2v) is 6.88. The van der Waals surface area contributed by atoms with Gasteiger partial charge in [0.25, 0.3) is 0 Å². The van der Waals surface area contributed by atoms with E-state index in [0.29, 0.717) is 0 Å². The summed E-state index contributed by atoms with van der Waals surface area (Å²) in [7, 11) is 0. The van der Waals surface area contributed by atoms with Crippen molar-refractivity contribution in [1.29, 1.82) is 0 Å². The fourth-order valence-corrected chi connectivity index (χ4v) is 3.68. The van der Waals surface area contributed by atoms with E-state index in [2.05, 4.69) is 62.4 Å². The van der Waals surface area contributed by atoms with Gasteiger partial charge < -0.3 is 11.5 Å². The highest BCUT2D eigenvalue weighted by Crippen LogP contribution is 2.42. The van der Waals surface area contributed by atoms with Crippen LogP contribution in [0.25, 0.3) is 0 Å². The molecule has 2 atom stereocenters. The van der Waals surface area contributed by atoms with Crippen LogP contribution in [0.4, 0.5) is 0 Å². The molecule has 0 heterocycles. The van der Waals surface area contributed by atoms with Crippen LogP contribution in [0, 0.1) is 0 Å². The zero-order valence-corrected chi connectivity index (χ0v) is 13.3. The van der Waals surface area contributed by atoms with Gasteiger partial charge in [0, 0.05) is 22.2 Å². The number of nitrogens with two attached hydrogens (primary N) is 2. The van der Waals surface area contributed by atoms with Crippen LogP contribution in [0.3, 0.4) is 0 Å². The number of allylic oxidation sites excluding steroid dienone is 6. The van der Waals surface area contributed by atoms with Crippen molar-refractivity contribution in [3.63, 3.8) is 0 Å². The molecule has 0 fully saturated rings. The Morgan fingerprint density at radius 1 is 0.773 bits per heavy atom. The van der Waals surface area contributed by atoms with Gasteiger partial charge in [-0.3, -0.25) is 0 Å².